The van der Waals surface area contributed by atoms with Crippen molar-refractivity contribution in [1.29, 1.82) is 0 Å². The largest absolute Gasteiger partial charge is 0.479 e. The van der Waals surface area contributed by atoms with E-state index in [9.17, 15) is 19.5 Å². The quantitative estimate of drug-likeness (QED) is 0.504. The summed E-state index contributed by atoms with van der Waals surface area (Å²) in [4.78, 5) is 37.7. The normalized spacial score (nSPS) is 20.4. The van der Waals surface area contributed by atoms with Crippen molar-refractivity contribution in [3.8, 4) is 11.1 Å². The summed E-state index contributed by atoms with van der Waals surface area (Å²) in [5.41, 5.74) is 2.97. The maximum absolute atomic E-state index is 13.1. The van der Waals surface area contributed by atoms with Crippen molar-refractivity contribution in [3.05, 3.63) is 59.7 Å². The van der Waals surface area contributed by atoms with Gasteiger partial charge in [0.05, 0.1) is 6.61 Å². The summed E-state index contributed by atoms with van der Waals surface area (Å²) < 4.78 is 10.8. The Kier molecular flexibility index (Phi) is 7.40. The van der Waals surface area contributed by atoms with Crippen LogP contribution in [0.2, 0.25) is 0 Å². The maximum Gasteiger partial charge on any atom is 0.407 e. The van der Waals surface area contributed by atoms with E-state index in [1.54, 1.807) is 0 Å². The average Bonchev–Trinajstić information content (AvgIpc) is 3.46. The number of aliphatic carboxylic acids is 1. The van der Waals surface area contributed by atoms with E-state index in [2.05, 4.69) is 22.8 Å². The van der Waals surface area contributed by atoms with Gasteiger partial charge in [-0.25, -0.2) is 9.59 Å². The van der Waals surface area contributed by atoms with Crippen LogP contribution in [0.3, 0.4) is 0 Å². The van der Waals surface area contributed by atoms with Gasteiger partial charge < -0.3 is 25.2 Å². The summed E-state index contributed by atoms with van der Waals surface area (Å²) in [7, 11) is 0. The van der Waals surface area contributed by atoms with E-state index in [0.29, 0.717) is 6.42 Å². The Bertz CT molecular complexity index is 1050. The highest BCUT2D eigenvalue weighted by Crippen LogP contribution is 2.44. The number of carbonyl (C=O) groups excluding carboxylic acids is 2. The predicted molar refractivity (Wildman–Crippen MR) is 130 cm³/mol. The van der Waals surface area contributed by atoms with Crippen LogP contribution in [0.25, 0.3) is 11.1 Å². The number of hydrogen-bond donors (Lipinski definition) is 3. The van der Waals surface area contributed by atoms with E-state index < -0.39 is 29.6 Å². The van der Waals surface area contributed by atoms with Crippen molar-refractivity contribution in [2.75, 3.05) is 19.8 Å². The molecule has 1 heterocycles. The average molecular weight is 481 g/mol. The first-order valence-electron chi connectivity index (χ1n) is 12.1. The maximum atomic E-state index is 13.1. The van der Waals surface area contributed by atoms with Gasteiger partial charge in [0, 0.05) is 18.9 Å². The molecule has 0 radical (unpaired) electrons. The Hall–Kier alpha value is -3.39. The molecule has 0 aromatic heterocycles. The highest BCUT2D eigenvalue weighted by molar-refractivity contribution is 5.91. The van der Waals surface area contributed by atoms with Gasteiger partial charge >= 0.3 is 12.1 Å². The second-order valence-electron chi connectivity index (χ2n) is 9.45. The van der Waals surface area contributed by atoms with Crippen LogP contribution in [0.5, 0.6) is 0 Å². The monoisotopic (exact) mass is 480 g/mol. The Balaban J connectivity index is 1.44. The molecule has 186 valence electrons. The lowest BCUT2D eigenvalue weighted by molar-refractivity contribution is -0.148. The minimum Gasteiger partial charge on any atom is -0.479 e. The lowest BCUT2D eigenvalue weighted by Crippen LogP contribution is -2.60. The van der Waals surface area contributed by atoms with Crippen LogP contribution in [0.4, 0.5) is 4.79 Å². The van der Waals surface area contributed by atoms with Gasteiger partial charge in [0.25, 0.3) is 0 Å². The van der Waals surface area contributed by atoms with E-state index in [1.807, 2.05) is 50.2 Å². The van der Waals surface area contributed by atoms with Gasteiger partial charge in [0.1, 0.15) is 12.6 Å². The number of hydrogen-bond acceptors (Lipinski definition) is 5. The van der Waals surface area contributed by atoms with Gasteiger partial charge in [-0.2, -0.15) is 0 Å². The molecule has 35 heavy (non-hydrogen) atoms. The third kappa shape index (κ3) is 5.17. The van der Waals surface area contributed by atoms with Crippen molar-refractivity contribution in [2.45, 2.75) is 50.6 Å². The second-order valence-corrected chi connectivity index (χ2v) is 9.45. The molecule has 0 saturated carbocycles. The fourth-order valence-corrected chi connectivity index (χ4v) is 4.79. The number of carboxylic acid groups (broad SMARTS) is 1. The standard InChI is InChI=1S/C27H32N2O6/c1-3-17(2)14-23(24(30)29-27(25(31)32)12-13-34-16-27)28-26(33)35-15-22-20-10-6-4-8-18(20)19-9-5-7-11-21(19)22/h4-11,17,22-23H,3,12-16H2,1-2H3,(H,28,33)(H,29,30)(H,31,32). The Morgan fingerprint density at radius 3 is 2.29 bits per heavy atom. The van der Waals surface area contributed by atoms with Crippen LogP contribution in [0, 0.1) is 5.92 Å². The lowest BCUT2D eigenvalue weighted by Gasteiger charge is -2.28. The van der Waals surface area contributed by atoms with Crippen LogP contribution in [0.15, 0.2) is 48.5 Å². The Labute approximate surface area is 205 Å². The lowest BCUT2D eigenvalue weighted by atomic mass is 9.95. The molecule has 1 aliphatic heterocycles. The smallest absolute Gasteiger partial charge is 0.407 e. The van der Waals surface area contributed by atoms with Gasteiger partial charge in [-0.1, -0.05) is 68.8 Å². The summed E-state index contributed by atoms with van der Waals surface area (Å²) in [5.74, 6) is -1.65. The van der Waals surface area contributed by atoms with Gasteiger partial charge in [0.2, 0.25) is 5.91 Å². The molecule has 1 saturated heterocycles. The van der Waals surface area contributed by atoms with Crippen molar-refractivity contribution in [1.82, 2.24) is 10.6 Å². The van der Waals surface area contributed by atoms with Gasteiger partial charge in [-0.15, -0.1) is 0 Å². The molecule has 1 fully saturated rings. The minimum atomic E-state index is -1.48. The molecule has 2 aromatic rings. The first kappa shape index (κ1) is 24.7. The zero-order chi connectivity index (χ0) is 25.0. The van der Waals surface area contributed by atoms with E-state index in [4.69, 9.17) is 9.47 Å². The van der Waals surface area contributed by atoms with Crippen LogP contribution < -0.4 is 10.6 Å². The zero-order valence-corrected chi connectivity index (χ0v) is 20.1. The molecule has 3 atom stereocenters. The van der Waals surface area contributed by atoms with Crippen molar-refractivity contribution in [2.24, 2.45) is 5.92 Å². The molecule has 0 bridgehead atoms. The molecule has 8 heteroatoms. The van der Waals surface area contributed by atoms with E-state index in [0.717, 1.165) is 28.7 Å². The van der Waals surface area contributed by atoms with Crippen LogP contribution in [-0.2, 0) is 19.1 Å². The van der Waals surface area contributed by atoms with Crippen molar-refractivity contribution < 1.29 is 29.0 Å². The molecule has 3 N–H and O–H groups in total. The number of fused-ring (bicyclic) bond motifs is 3. The van der Waals surface area contributed by atoms with E-state index >= 15 is 0 Å². The predicted octanol–water partition coefficient (Wildman–Crippen LogP) is 3.69. The second kappa shape index (κ2) is 10.5. The fourth-order valence-electron chi connectivity index (χ4n) is 4.79. The summed E-state index contributed by atoms with van der Waals surface area (Å²) in [6.07, 6.45) is 0.643. The van der Waals surface area contributed by atoms with Gasteiger partial charge in [-0.3, -0.25) is 4.79 Å². The molecule has 2 amide bonds. The third-order valence-electron chi connectivity index (χ3n) is 7.08. The number of ether oxygens (including phenoxy) is 2. The molecular formula is C27H32N2O6. The highest BCUT2D eigenvalue weighted by atomic mass is 16.5. The minimum absolute atomic E-state index is 0.0964. The molecule has 4 rings (SSSR count). The first-order valence-corrected chi connectivity index (χ1v) is 12.1. The Morgan fingerprint density at radius 1 is 1.11 bits per heavy atom. The number of amides is 2. The topological polar surface area (TPSA) is 114 Å². The van der Waals surface area contributed by atoms with E-state index in [-0.39, 0.29) is 38.1 Å². The highest BCUT2D eigenvalue weighted by Gasteiger charge is 2.45. The van der Waals surface area contributed by atoms with Gasteiger partial charge in [-0.05, 0) is 34.6 Å². The van der Waals surface area contributed by atoms with Crippen molar-refractivity contribution >= 4 is 18.0 Å². The summed E-state index contributed by atoms with van der Waals surface area (Å²) in [5, 5.41) is 15.0. The molecular weight excluding hydrogens is 448 g/mol. The van der Waals surface area contributed by atoms with Crippen molar-refractivity contribution in [3.63, 3.8) is 0 Å². The number of carboxylic acids is 1. The molecule has 0 spiro atoms. The number of nitrogens with one attached hydrogen (secondary N) is 2. The summed E-state index contributed by atoms with van der Waals surface area (Å²) in [6, 6.07) is 15.2. The first-order chi connectivity index (χ1) is 16.8. The van der Waals surface area contributed by atoms with E-state index in [1.165, 1.54) is 0 Å². The molecule has 1 aliphatic carbocycles. The fraction of sp³-hybridized carbons (Fsp3) is 0.444. The molecule has 2 aliphatic rings. The SMILES string of the molecule is CCC(C)CC(NC(=O)OCC1c2ccccc2-c2ccccc21)C(=O)NC1(C(=O)O)CCOC1. The summed E-state index contributed by atoms with van der Waals surface area (Å²) in [6.45, 7) is 4.25. The Morgan fingerprint density at radius 2 is 1.74 bits per heavy atom. The molecule has 2 aromatic carbocycles. The van der Waals surface area contributed by atoms with Crippen LogP contribution in [0.1, 0.15) is 50.2 Å². The molecule has 3 unspecified atom stereocenters. The third-order valence-corrected chi connectivity index (χ3v) is 7.08. The zero-order valence-electron chi connectivity index (χ0n) is 20.1. The van der Waals surface area contributed by atoms with Gasteiger partial charge in [0.15, 0.2) is 5.54 Å². The number of carbonyl (C=O) groups is 3. The number of alkyl carbamates (subject to hydrolysis) is 1. The summed E-state index contributed by atoms with van der Waals surface area (Å²) >= 11 is 0. The number of benzene rings is 2. The van der Waals surface area contributed by atoms with Crippen LogP contribution in [-0.4, -0.2) is 54.5 Å². The molecule has 8 nitrogen and oxygen atoms in total. The number of rotatable bonds is 9. The van der Waals surface area contributed by atoms with Crippen LogP contribution >= 0.6 is 0 Å².